The molecule has 2 fully saturated rings. The molecular formula is C22H32O7. The van der Waals surface area contributed by atoms with Crippen molar-refractivity contribution in [3.05, 3.63) is 12.7 Å². The molecule has 29 heavy (non-hydrogen) atoms. The van der Waals surface area contributed by atoms with Crippen LogP contribution in [-0.4, -0.2) is 43.5 Å². The predicted molar refractivity (Wildman–Crippen MR) is 105 cm³/mol. The van der Waals surface area contributed by atoms with Gasteiger partial charge in [0, 0.05) is 12.0 Å². The van der Waals surface area contributed by atoms with Crippen LogP contribution in [0.15, 0.2) is 12.7 Å². The van der Waals surface area contributed by atoms with Gasteiger partial charge in [-0.15, -0.1) is 0 Å². The Morgan fingerprint density at radius 1 is 0.793 bits per heavy atom. The van der Waals surface area contributed by atoms with Crippen LogP contribution in [-0.2, 0) is 33.4 Å². The van der Waals surface area contributed by atoms with Crippen LogP contribution in [0.3, 0.4) is 0 Å². The Balaban J connectivity index is 1.57. The molecule has 0 bridgehead atoms. The summed E-state index contributed by atoms with van der Waals surface area (Å²) in [6.07, 6.45) is 8.92. The standard InChI is InChI=1S/C22H32O7/c1-2-20(24)27-13-3-4-14-28-21(25)17-7-9-18(10-8-17)22(26)29-19-11-5-16(15-23)6-12-19/h2,15-19H,1,3-14H2. The highest BCUT2D eigenvalue weighted by Crippen LogP contribution is 2.32. The van der Waals surface area contributed by atoms with Gasteiger partial charge in [-0.2, -0.15) is 0 Å². The van der Waals surface area contributed by atoms with E-state index in [2.05, 4.69) is 6.58 Å². The lowest BCUT2D eigenvalue weighted by Crippen LogP contribution is -2.32. The molecule has 0 atom stereocenters. The summed E-state index contributed by atoms with van der Waals surface area (Å²) < 4.78 is 15.8. The molecule has 0 saturated heterocycles. The third kappa shape index (κ3) is 7.99. The summed E-state index contributed by atoms with van der Waals surface area (Å²) in [6.45, 7) is 3.90. The van der Waals surface area contributed by atoms with Gasteiger partial charge in [-0.1, -0.05) is 6.58 Å². The zero-order valence-electron chi connectivity index (χ0n) is 17.0. The second kappa shape index (κ2) is 12.4. The Hall–Kier alpha value is -2.18. The van der Waals surface area contributed by atoms with Crippen LogP contribution < -0.4 is 0 Å². The molecule has 0 aromatic heterocycles. The average Bonchev–Trinajstić information content (AvgIpc) is 2.76. The highest BCUT2D eigenvalue weighted by molar-refractivity contribution is 5.81. The van der Waals surface area contributed by atoms with Crippen LogP contribution in [0.2, 0.25) is 0 Å². The molecular weight excluding hydrogens is 376 g/mol. The molecule has 0 amide bonds. The normalized spacial score (nSPS) is 26.8. The summed E-state index contributed by atoms with van der Waals surface area (Å²) in [6, 6.07) is 0. The Kier molecular flexibility index (Phi) is 9.88. The number of hydrogen-bond acceptors (Lipinski definition) is 7. The number of unbranched alkanes of at least 4 members (excludes halogenated alkanes) is 1. The van der Waals surface area contributed by atoms with Crippen molar-refractivity contribution < 1.29 is 33.4 Å². The molecule has 0 aliphatic heterocycles. The van der Waals surface area contributed by atoms with E-state index in [-0.39, 0.29) is 42.4 Å². The van der Waals surface area contributed by atoms with Gasteiger partial charge in [0.25, 0.3) is 0 Å². The Labute approximate surface area is 172 Å². The summed E-state index contributed by atoms with van der Waals surface area (Å²) in [5.41, 5.74) is 0. The van der Waals surface area contributed by atoms with Crippen molar-refractivity contribution in [3.63, 3.8) is 0 Å². The van der Waals surface area contributed by atoms with E-state index in [1.54, 1.807) is 0 Å². The van der Waals surface area contributed by atoms with Crippen molar-refractivity contribution >= 4 is 24.2 Å². The smallest absolute Gasteiger partial charge is 0.330 e. The molecule has 0 spiro atoms. The lowest BCUT2D eigenvalue weighted by atomic mass is 9.82. The molecule has 0 aromatic carbocycles. The molecule has 0 unspecified atom stereocenters. The molecule has 0 radical (unpaired) electrons. The minimum Gasteiger partial charge on any atom is -0.465 e. The Morgan fingerprint density at radius 3 is 1.90 bits per heavy atom. The number of carbonyl (C=O) groups excluding carboxylic acids is 4. The number of aldehydes is 1. The van der Waals surface area contributed by atoms with Crippen molar-refractivity contribution in [3.8, 4) is 0 Å². The average molecular weight is 408 g/mol. The molecule has 0 heterocycles. The highest BCUT2D eigenvalue weighted by Gasteiger charge is 2.33. The molecule has 0 aromatic rings. The zero-order valence-corrected chi connectivity index (χ0v) is 17.0. The molecule has 7 heteroatoms. The van der Waals surface area contributed by atoms with Crippen LogP contribution in [0, 0.1) is 17.8 Å². The van der Waals surface area contributed by atoms with Crippen molar-refractivity contribution in [2.24, 2.45) is 17.8 Å². The zero-order chi connectivity index (χ0) is 21.1. The SMILES string of the molecule is C=CC(=O)OCCCCOC(=O)C1CCC(C(=O)OC2CCC(C=O)CC2)CC1. The lowest BCUT2D eigenvalue weighted by Gasteiger charge is -2.29. The van der Waals surface area contributed by atoms with Gasteiger partial charge in [0.05, 0.1) is 25.0 Å². The quantitative estimate of drug-likeness (QED) is 0.180. The van der Waals surface area contributed by atoms with E-state index < -0.39 is 5.97 Å². The lowest BCUT2D eigenvalue weighted by molar-refractivity contribution is -0.160. The number of carbonyl (C=O) groups is 4. The first-order valence-corrected chi connectivity index (χ1v) is 10.6. The van der Waals surface area contributed by atoms with Crippen LogP contribution >= 0.6 is 0 Å². The molecule has 2 saturated carbocycles. The first-order valence-electron chi connectivity index (χ1n) is 10.6. The minimum atomic E-state index is -0.453. The predicted octanol–water partition coefficient (Wildman–Crippen LogP) is 3.15. The molecule has 2 aliphatic carbocycles. The Morgan fingerprint density at radius 2 is 1.34 bits per heavy atom. The second-order valence-corrected chi connectivity index (χ2v) is 7.90. The Bertz CT molecular complexity index is 570. The largest absolute Gasteiger partial charge is 0.465 e. The van der Waals surface area contributed by atoms with Crippen LogP contribution in [0.5, 0.6) is 0 Å². The summed E-state index contributed by atoms with van der Waals surface area (Å²) in [4.78, 5) is 46.3. The summed E-state index contributed by atoms with van der Waals surface area (Å²) in [7, 11) is 0. The maximum Gasteiger partial charge on any atom is 0.330 e. The van der Waals surface area contributed by atoms with Gasteiger partial charge in [0.15, 0.2) is 0 Å². The third-order valence-corrected chi connectivity index (χ3v) is 5.78. The molecule has 2 aliphatic rings. The molecule has 162 valence electrons. The van der Waals surface area contributed by atoms with Gasteiger partial charge in [-0.3, -0.25) is 9.59 Å². The van der Waals surface area contributed by atoms with Crippen molar-refractivity contribution in [2.45, 2.75) is 70.3 Å². The number of esters is 3. The summed E-state index contributed by atoms with van der Waals surface area (Å²) in [5.74, 6) is -1.05. The van der Waals surface area contributed by atoms with Gasteiger partial charge in [-0.05, 0) is 64.2 Å². The van der Waals surface area contributed by atoms with Gasteiger partial charge in [0.1, 0.15) is 12.4 Å². The van der Waals surface area contributed by atoms with Gasteiger partial charge >= 0.3 is 17.9 Å². The summed E-state index contributed by atoms with van der Waals surface area (Å²) >= 11 is 0. The van der Waals surface area contributed by atoms with E-state index in [1.165, 1.54) is 0 Å². The van der Waals surface area contributed by atoms with E-state index in [0.29, 0.717) is 45.1 Å². The fourth-order valence-corrected chi connectivity index (χ4v) is 3.89. The van der Waals surface area contributed by atoms with Gasteiger partial charge in [-0.25, -0.2) is 4.79 Å². The second-order valence-electron chi connectivity index (χ2n) is 7.90. The van der Waals surface area contributed by atoms with Crippen LogP contribution in [0.25, 0.3) is 0 Å². The minimum absolute atomic E-state index is 0.0767. The highest BCUT2D eigenvalue weighted by atomic mass is 16.5. The van der Waals surface area contributed by atoms with Gasteiger partial charge in [0.2, 0.25) is 0 Å². The van der Waals surface area contributed by atoms with E-state index in [4.69, 9.17) is 14.2 Å². The number of ether oxygens (including phenoxy) is 3. The molecule has 2 rings (SSSR count). The maximum atomic E-state index is 12.4. The molecule has 0 N–H and O–H groups in total. The van der Waals surface area contributed by atoms with Crippen molar-refractivity contribution in [2.75, 3.05) is 13.2 Å². The van der Waals surface area contributed by atoms with Crippen molar-refractivity contribution in [1.29, 1.82) is 0 Å². The first kappa shape index (κ1) is 23.1. The fraction of sp³-hybridized carbons (Fsp3) is 0.727. The third-order valence-electron chi connectivity index (χ3n) is 5.78. The number of hydrogen-bond donors (Lipinski definition) is 0. The van der Waals surface area contributed by atoms with E-state index in [1.807, 2.05) is 0 Å². The topological polar surface area (TPSA) is 96.0 Å². The fourth-order valence-electron chi connectivity index (χ4n) is 3.89. The number of rotatable bonds is 10. The van der Waals surface area contributed by atoms with Crippen LogP contribution in [0.4, 0.5) is 0 Å². The van der Waals surface area contributed by atoms with E-state index in [0.717, 1.165) is 38.0 Å². The van der Waals surface area contributed by atoms with E-state index in [9.17, 15) is 19.2 Å². The monoisotopic (exact) mass is 408 g/mol. The van der Waals surface area contributed by atoms with Crippen molar-refractivity contribution in [1.82, 2.24) is 0 Å². The van der Waals surface area contributed by atoms with E-state index >= 15 is 0 Å². The first-order chi connectivity index (χ1) is 14.0. The maximum absolute atomic E-state index is 12.4. The van der Waals surface area contributed by atoms with Gasteiger partial charge < -0.3 is 19.0 Å². The van der Waals surface area contributed by atoms with Crippen LogP contribution in [0.1, 0.15) is 64.2 Å². The molecule has 7 nitrogen and oxygen atoms in total. The summed E-state index contributed by atoms with van der Waals surface area (Å²) in [5, 5.41) is 0.